The lowest BCUT2D eigenvalue weighted by Gasteiger charge is -2.39. The van der Waals surface area contributed by atoms with E-state index in [1.807, 2.05) is 42.3 Å². The third-order valence-electron chi connectivity index (χ3n) is 8.58. The predicted octanol–water partition coefficient (Wildman–Crippen LogP) is 3.74. The van der Waals surface area contributed by atoms with E-state index in [2.05, 4.69) is 38.0 Å². The highest BCUT2D eigenvalue weighted by molar-refractivity contribution is 9.10. The maximum atomic E-state index is 14.2. The Balaban J connectivity index is 1.22. The van der Waals surface area contributed by atoms with Crippen molar-refractivity contribution in [3.63, 3.8) is 0 Å². The average Bonchev–Trinajstić information content (AvgIpc) is 3.54. The molecule has 0 atom stereocenters. The molecule has 3 aliphatic rings. The molecule has 6 rings (SSSR count). The van der Waals surface area contributed by atoms with Crippen LogP contribution in [0, 0.1) is 0 Å². The summed E-state index contributed by atoms with van der Waals surface area (Å²) in [5, 5.41) is 11.0. The van der Waals surface area contributed by atoms with Gasteiger partial charge in [0.1, 0.15) is 6.54 Å². The summed E-state index contributed by atoms with van der Waals surface area (Å²) < 4.78 is 0.854. The summed E-state index contributed by atoms with van der Waals surface area (Å²) in [5.41, 5.74) is 4.48. The Morgan fingerprint density at radius 3 is 2.73 bits per heavy atom. The van der Waals surface area contributed by atoms with Crippen molar-refractivity contribution in [2.75, 3.05) is 44.7 Å². The molecule has 0 radical (unpaired) electrons. The molecular weight excluding hydrogens is 572 g/mol. The highest BCUT2D eigenvalue weighted by atomic mass is 79.9. The van der Waals surface area contributed by atoms with Crippen molar-refractivity contribution in [3.05, 3.63) is 82.1 Å². The number of nitrogens with one attached hydrogen (secondary N) is 2. The molecule has 3 aliphatic heterocycles. The summed E-state index contributed by atoms with van der Waals surface area (Å²) in [6.07, 6.45) is 5.20. The second-order valence-corrected chi connectivity index (χ2v) is 11.4. The maximum absolute atomic E-state index is 14.2. The van der Waals surface area contributed by atoms with Crippen LogP contribution in [0.2, 0.25) is 0 Å². The van der Waals surface area contributed by atoms with Crippen molar-refractivity contribution in [3.8, 4) is 0 Å². The molecule has 2 aromatic carbocycles. The lowest BCUT2D eigenvalue weighted by molar-refractivity contribution is -0.132. The van der Waals surface area contributed by atoms with Crippen LogP contribution in [0.1, 0.15) is 35.2 Å². The van der Waals surface area contributed by atoms with E-state index in [1.54, 1.807) is 28.1 Å². The van der Waals surface area contributed by atoms with Crippen LogP contribution in [0.3, 0.4) is 0 Å². The molecule has 9 nitrogen and oxygen atoms in total. The molecule has 0 aliphatic carbocycles. The molecule has 40 heavy (non-hydrogen) atoms. The number of benzene rings is 2. The summed E-state index contributed by atoms with van der Waals surface area (Å²) in [7, 11) is 1.88. The van der Waals surface area contributed by atoms with Crippen molar-refractivity contribution in [1.82, 2.24) is 25.3 Å². The van der Waals surface area contributed by atoms with Crippen molar-refractivity contribution >= 4 is 50.2 Å². The fourth-order valence-corrected chi connectivity index (χ4v) is 7.10. The van der Waals surface area contributed by atoms with Gasteiger partial charge in [0.05, 0.1) is 17.1 Å². The Hall–Kier alpha value is -3.92. The summed E-state index contributed by atoms with van der Waals surface area (Å²) in [6.45, 7) is 5.84. The van der Waals surface area contributed by atoms with Crippen molar-refractivity contribution in [2.45, 2.75) is 24.7 Å². The van der Waals surface area contributed by atoms with Crippen LogP contribution in [-0.2, 0) is 15.0 Å². The van der Waals surface area contributed by atoms with Gasteiger partial charge in [0.2, 0.25) is 11.8 Å². The lowest BCUT2D eigenvalue weighted by Crippen LogP contribution is -2.52. The van der Waals surface area contributed by atoms with Gasteiger partial charge in [0, 0.05) is 72.0 Å². The Morgan fingerprint density at radius 1 is 1.18 bits per heavy atom. The van der Waals surface area contributed by atoms with E-state index in [4.69, 9.17) is 0 Å². The molecule has 4 heterocycles. The standard InChI is InChI=1S/C30H31BrN6O3/c1-3-19-17-36(12-9-23(19)32-2)26(38)18-37-25-6-4-5-22(31)27(25)30(29(37)40)10-13-35(14-11-30)28(39)20-7-8-24-21(15-20)16-33-34-24/h3-8,15-16,32H,1,9-14,17-18H2,2H3,(H,33,34). The van der Waals surface area contributed by atoms with E-state index >= 15 is 0 Å². The second-order valence-electron chi connectivity index (χ2n) is 10.6. The summed E-state index contributed by atoms with van der Waals surface area (Å²) >= 11 is 3.70. The number of carbonyl (C=O) groups excluding carboxylic acids is 3. The van der Waals surface area contributed by atoms with E-state index < -0.39 is 5.41 Å². The molecule has 0 unspecified atom stereocenters. The van der Waals surface area contributed by atoms with E-state index in [0.717, 1.165) is 44.3 Å². The van der Waals surface area contributed by atoms with E-state index in [0.29, 0.717) is 44.6 Å². The summed E-state index contributed by atoms with van der Waals surface area (Å²) in [6, 6.07) is 11.3. The van der Waals surface area contributed by atoms with Crippen LogP contribution in [0.4, 0.5) is 5.69 Å². The van der Waals surface area contributed by atoms with Gasteiger partial charge in [-0.2, -0.15) is 5.10 Å². The normalized spacial score (nSPS) is 18.4. The quantitative estimate of drug-likeness (QED) is 0.463. The van der Waals surface area contributed by atoms with Gasteiger partial charge in [-0.3, -0.25) is 19.5 Å². The van der Waals surface area contributed by atoms with E-state index in [1.165, 1.54) is 0 Å². The number of piperidine rings is 1. The van der Waals surface area contributed by atoms with Gasteiger partial charge in [0.25, 0.3) is 5.91 Å². The second kappa shape index (κ2) is 10.2. The van der Waals surface area contributed by atoms with Gasteiger partial charge in [0.15, 0.2) is 0 Å². The van der Waals surface area contributed by atoms with Gasteiger partial charge < -0.3 is 20.0 Å². The molecule has 2 N–H and O–H groups in total. The first-order valence-corrected chi connectivity index (χ1v) is 14.3. The number of nitrogens with zero attached hydrogens (tertiary/aromatic N) is 4. The van der Waals surface area contributed by atoms with Gasteiger partial charge in [-0.25, -0.2) is 0 Å². The van der Waals surface area contributed by atoms with Gasteiger partial charge >= 0.3 is 0 Å². The molecule has 1 saturated heterocycles. The molecule has 3 amide bonds. The number of aromatic amines is 1. The number of likely N-dealkylation sites (tertiary alicyclic amines) is 1. The minimum Gasteiger partial charge on any atom is -0.391 e. The van der Waals surface area contributed by atoms with Crippen LogP contribution >= 0.6 is 15.9 Å². The summed E-state index contributed by atoms with van der Waals surface area (Å²) in [4.78, 5) is 46.3. The third kappa shape index (κ3) is 4.21. The van der Waals surface area contributed by atoms with Crippen LogP contribution in [0.15, 0.2) is 71.0 Å². The summed E-state index contributed by atoms with van der Waals surface area (Å²) in [5.74, 6) is -0.213. The minimum atomic E-state index is -0.783. The zero-order valence-corrected chi connectivity index (χ0v) is 24.0. The molecule has 1 fully saturated rings. The number of H-pyrrole nitrogens is 1. The first-order chi connectivity index (χ1) is 19.4. The first-order valence-electron chi connectivity index (χ1n) is 13.5. The van der Waals surface area contributed by atoms with Crippen LogP contribution < -0.4 is 10.2 Å². The van der Waals surface area contributed by atoms with Crippen LogP contribution in [-0.4, -0.2) is 77.5 Å². The number of rotatable bonds is 5. The van der Waals surface area contributed by atoms with Crippen molar-refractivity contribution in [1.29, 1.82) is 0 Å². The Bertz CT molecular complexity index is 1570. The fraction of sp³-hybridized carbons (Fsp3) is 0.333. The lowest BCUT2D eigenvalue weighted by atomic mass is 9.73. The van der Waals surface area contributed by atoms with Gasteiger partial charge in [-0.15, -0.1) is 0 Å². The smallest absolute Gasteiger partial charge is 0.253 e. The highest BCUT2D eigenvalue weighted by Gasteiger charge is 2.54. The topological polar surface area (TPSA) is 102 Å². The largest absolute Gasteiger partial charge is 0.391 e. The molecule has 206 valence electrons. The number of fused-ring (bicyclic) bond motifs is 3. The SMILES string of the molecule is C=CC1=C(NC)CCN(C(=O)CN2C(=O)C3(CCN(C(=O)c4ccc5[nH]ncc5c4)CC3)c3c(Br)cccc32)C1. The molecule has 0 saturated carbocycles. The molecule has 0 bridgehead atoms. The zero-order valence-electron chi connectivity index (χ0n) is 22.4. The molecule has 1 spiro atoms. The monoisotopic (exact) mass is 602 g/mol. The number of amides is 3. The Morgan fingerprint density at radius 2 is 1.98 bits per heavy atom. The first kappa shape index (κ1) is 26.3. The average molecular weight is 604 g/mol. The van der Waals surface area contributed by atoms with Gasteiger partial charge in [-0.1, -0.05) is 34.7 Å². The molecule has 1 aromatic heterocycles. The molecular formula is C30H31BrN6O3. The van der Waals surface area contributed by atoms with Gasteiger partial charge in [-0.05, 0) is 48.7 Å². The maximum Gasteiger partial charge on any atom is 0.253 e. The van der Waals surface area contributed by atoms with E-state index in [-0.39, 0.29) is 24.3 Å². The third-order valence-corrected chi connectivity index (χ3v) is 9.24. The Labute approximate surface area is 241 Å². The number of hydrogen-bond acceptors (Lipinski definition) is 5. The number of aromatic nitrogens is 2. The molecule has 3 aromatic rings. The predicted molar refractivity (Wildman–Crippen MR) is 157 cm³/mol. The van der Waals surface area contributed by atoms with Crippen LogP contribution in [0.25, 0.3) is 10.9 Å². The number of anilines is 1. The minimum absolute atomic E-state index is 0.0172. The van der Waals surface area contributed by atoms with Crippen molar-refractivity contribution in [2.24, 2.45) is 0 Å². The fourth-order valence-electron chi connectivity index (χ4n) is 6.37. The highest BCUT2D eigenvalue weighted by Crippen LogP contribution is 2.51. The number of carbonyl (C=O) groups is 3. The molecule has 10 heteroatoms. The van der Waals surface area contributed by atoms with E-state index in [9.17, 15) is 14.4 Å². The number of hydrogen-bond donors (Lipinski definition) is 2. The number of halogens is 1. The Kier molecular flexibility index (Phi) is 6.74. The zero-order chi connectivity index (χ0) is 28.0. The van der Waals surface area contributed by atoms with Crippen LogP contribution in [0.5, 0.6) is 0 Å². The van der Waals surface area contributed by atoms with Crippen molar-refractivity contribution < 1.29 is 14.4 Å².